The number of rotatable bonds is 11. The maximum Gasteiger partial charge on any atom is 0.0715 e. The Morgan fingerprint density at radius 3 is 1.51 bits per heavy atom. The molecule has 0 aliphatic carbocycles. The van der Waals surface area contributed by atoms with E-state index in [1.165, 1.54) is 73.1 Å². The van der Waals surface area contributed by atoms with E-state index in [0.29, 0.717) is 0 Å². The quantitative estimate of drug-likeness (QED) is 0.121. The van der Waals surface area contributed by atoms with Crippen molar-refractivity contribution < 1.29 is 35.0 Å². The van der Waals surface area contributed by atoms with Crippen molar-refractivity contribution in [3.05, 3.63) is 291 Å². The van der Waals surface area contributed by atoms with Crippen LogP contribution in [0.15, 0.2) is 279 Å². The standard InChI is InChI=1S/C59H39N3.C15H16N.Ir.5H2/c1-3-16-40(17-4-1)41-30-32-42(33-31-41)46-37-53(43-18-5-2-6-19-43)60-54(38-46)45-21-15-20-44(36-45)52-39-47(61-55-26-11-7-22-48(55)49-23-8-12-27-56(49)61)34-35-59(52)62-57-28-13-9-24-50(57)51-25-10-14-29-58(51)62;1-2-3-6-13-8-10-14(11-9-13)15-7-4-5-12-16-15;;;;;;/h1-39H;4-5,7-10,12H,2-3,6H2,1H3;;5*1H/q;-1;;;;;;/i;;;4*1+2T;1+1D. The fourth-order valence-electron chi connectivity index (χ4n) is 11.1. The van der Waals surface area contributed by atoms with E-state index in [-0.39, 0.29) is 20.1 Å². The zero-order chi connectivity index (χ0) is 62.2. The first kappa shape index (κ1) is 44.8. The first-order valence-corrected chi connectivity index (χ1v) is 27.0. The predicted molar refractivity (Wildman–Crippen MR) is 338 cm³/mol. The Balaban J connectivity index is 0.000000356. The van der Waals surface area contributed by atoms with Gasteiger partial charge in [0.25, 0.3) is 0 Å². The number of hydrogen-bond donors (Lipinski definition) is 0. The van der Waals surface area contributed by atoms with Crippen LogP contribution in [0.3, 0.4) is 0 Å². The minimum absolute atomic E-state index is 0. The summed E-state index contributed by atoms with van der Waals surface area (Å²) in [6, 6.07) is 101. The summed E-state index contributed by atoms with van der Waals surface area (Å²) in [7, 11) is 0. The van der Waals surface area contributed by atoms with Gasteiger partial charge in [-0.25, -0.2) is 4.98 Å². The Morgan fingerprint density at radius 1 is 0.430 bits per heavy atom. The minimum atomic E-state index is 0. The van der Waals surface area contributed by atoms with Crippen molar-refractivity contribution in [3.63, 3.8) is 0 Å². The molecule has 0 aliphatic rings. The van der Waals surface area contributed by atoms with Crippen molar-refractivity contribution in [2.75, 3.05) is 0 Å². The van der Waals surface area contributed by atoms with E-state index in [0.717, 1.165) is 73.8 Å². The second-order valence-corrected chi connectivity index (χ2v) is 19.9. The molecule has 0 spiro atoms. The molecular formula is C74H65IrN4-. The molecule has 1 radical (unpaired) electrons. The molecule has 14 aromatic rings. The molecule has 0 bridgehead atoms. The zero-order valence-electron chi connectivity index (χ0n) is 53.8. The Labute approximate surface area is 490 Å². The topological polar surface area (TPSA) is 35.6 Å². The summed E-state index contributed by atoms with van der Waals surface area (Å²) in [6.07, 6.45) is 5.45. The van der Waals surface area contributed by atoms with Crippen LogP contribution in [0, 0.1) is 6.07 Å². The molecule has 0 atom stereocenters. The van der Waals surface area contributed by atoms with Gasteiger partial charge in [0.1, 0.15) is 0 Å². The van der Waals surface area contributed by atoms with Crippen LogP contribution in [0.25, 0.3) is 122 Å². The SMILES string of the molecule is CCCCc1c[c-]c(-c2ccccn2)cc1.[2H][2H].[3H][3H].[3H][3H].[3H][3H].[3H][3H].[Ir].c1ccc(-c2ccc(-c3cc(-c4ccccc4)nc(-c4cccc(-c5cc(-n6c7ccccc7c7ccccc76)ccc5-n5c6ccccc6c6ccccc65)c4)c3)cc2)cc1. The molecule has 0 unspecified atom stereocenters. The zero-order valence-corrected chi connectivity index (χ0v) is 46.2. The summed E-state index contributed by atoms with van der Waals surface area (Å²) in [5, 5.41) is 4.96. The normalized spacial score (nSPS) is 11.7. The Kier molecular flexibility index (Phi) is 12.9. The van der Waals surface area contributed by atoms with Crippen LogP contribution in [0.5, 0.6) is 0 Å². The molecule has 391 valence electrons. The average molecular weight is 1220 g/mol. The molecule has 5 heteroatoms. The van der Waals surface area contributed by atoms with E-state index < -0.39 is 0 Å². The van der Waals surface area contributed by atoms with Gasteiger partial charge in [-0.1, -0.05) is 214 Å². The molecule has 0 saturated carbocycles. The number of pyridine rings is 2. The van der Waals surface area contributed by atoms with E-state index in [1.807, 2.05) is 24.4 Å². The number of para-hydroxylation sites is 4. The molecular weight excluding hydrogens is 1140 g/mol. The van der Waals surface area contributed by atoms with Crippen molar-refractivity contribution in [2.24, 2.45) is 0 Å². The third-order valence-corrected chi connectivity index (χ3v) is 15.0. The van der Waals surface area contributed by atoms with Crippen LogP contribution < -0.4 is 0 Å². The Hall–Kier alpha value is -9.25. The second-order valence-electron chi connectivity index (χ2n) is 19.9. The number of nitrogens with zero attached hydrogens (tertiary/aromatic N) is 4. The van der Waals surface area contributed by atoms with Crippen molar-refractivity contribution in [3.8, 4) is 78.5 Å². The van der Waals surface area contributed by atoms with Gasteiger partial charge >= 0.3 is 0 Å². The van der Waals surface area contributed by atoms with Crippen molar-refractivity contribution >= 4 is 43.6 Å². The van der Waals surface area contributed by atoms with Crippen LogP contribution in [-0.2, 0) is 26.5 Å². The number of aromatic nitrogens is 4. The molecule has 0 fully saturated rings. The summed E-state index contributed by atoms with van der Waals surface area (Å²) < 4.78 is 54.8. The second kappa shape index (κ2) is 22.8. The number of hydrogen-bond acceptors (Lipinski definition) is 2. The first-order valence-electron chi connectivity index (χ1n) is 32.0. The number of aryl methyl sites for hydroxylation is 1. The summed E-state index contributed by atoms with van der Waals surface area (Å²) in [5.41, 5.74) is 21.3. The van der Waals surface area contributed by atoms with Gasteiger partial charge in [0.2, 0.25) is 0 Å². The first-order chi connectivity index (χ1) is 43.6. The monoisotopic (exact) mass is 1220 g/mol. The summed E-state index contributed by atoms with van der Waals surface area (Å²) in [6.45, 7) is 2.21. The maximum atomic E-state index is 5.37. The van der Waals surface area contributed by atoms with E-state index >= 15 is 0 Å². The van der Waals surface area contributed by atoms with Gasteiger partial charge in [0.15, 0.2) is 0 Å². The largest absolute Gasteiger partial charge is 0.309 e. The smallest absolute Gasteiger partial charge is 0.0715 e. The van der Waals surface area contributed by atoms with E-state index in [9.17, 15) is 0 Å². The van der Waals surface area contributed by atoms with Gasteiger partial charge in [0, 0.05) is 85.1 Å². The maximum absolute atomic E-state index is 5.37. The van der Waals surface area contributed by atoms with Crippen molar-refractivity contribution in [1.82, 2.24) is 19.1 Å². The average Bonchev–Trinajstić information content (AvgIpc) is 2.06. The molecule has 4 aromatic heterocycles. The van der Waals surface area contributed by atoms with E-state index in [4.69, 9.17) is 19.8 Å². The molecule has 0 aliphatic heterocycles. The van der Waals surface area contributed by atoms with Crippen molar-refractivity contribution in [1.29, 1.82) is 0 Å². The Bertz CT molecular complexity index is 4330. The van der Waals surface area contributed by atoms with Crippen molar-refractivity contribution in [2.45, 2.75) is 26.2 Å². The van der Waals surface area contributed by atoms with E-state index in [2.05, 4.69) is 282 Å². The molecule has 0 saturated heterocycles. The summed E-state index contributed by atoms with van der Waals surface area (Å²) >= 11 is 0. The molecule has 0 N–H and O–H groups in total. The summed E-state index contributed by atoms with van der Waals surface area (Å²) in [4.78, 5) is 9.68. The third kappa shape index (κ3) is 10.1. The predicted octanol–water partition coefficient (Wildman–Crippen LogP) is 20.7. The molecule has 4 heterocycles. The molecule has 4 nitrogen and oxygen atoms in total. The fraction of sp³-hybridized carbons (Fsp3) is 0.0541. The molecule has 14 rings (SSSR count). The number of fused-ring (bicyclic) bond motifs is 6. The van der Waals surface area contributed by atoms with Gasteiger partial charge in [0.05, 0.1) is 39.1 Å². The van der Waals surface area contributed by atoms with Crippen LogP contribution in [0.4, 0.5) is 0 Å². The fourth-order valence-corrected chi connectivity index (χ4v) is 11.1. The van der Waals surface area contributed by atoms with Gasteiger partial charge in [-0.15, -0.1) is 35.4 Å². The van der Waals surface area contributed by atoms with Gasteiger partial charge < -0.3 is 14.1 Å². The Morgan fingerprint density at radius 2 is 0.937 bits per heavy atom. The molecule has 0 amide bonds. The van der Waals surface area contributed by atoms with Gasteiger partial charge in [-0.05, 0) is 100 Å². The van der Waals surface area contributed by atoms with Gasteiger partial charge in [-0.3, -0.25) is 0 Å². The van der Waals surface area contributed by atoms with E-state index in [1.54, 1.807) is 0 Å². The third-order valence-electron chi connectivity index (χ3n) is 15.0. The van der Waals surface area contributed by atoms with Crippen LogP contribution in [-0.4, -0.2) is 19.1 Å². The number of unbranched alkanes of at least 4 members (excludes halogenated alkanes) is 1. The van der Waals surface area contributed by atoms with Gasteiger partial charge in [-0.2, -0.15) is 0 Å². The molecule has 10 aromatic carbocycles. The summed E-state index contributed by atoms with van der Waals surface area (Å²) in [5.74, 6) is 0. The van der Waals surface area contributed by atoms with Crippen LogP contribution in [0.2, 0.25) is 0 Å². The minimum Gasteiger partial charge on any atom is -0.309 e. The molecule has 79 heavy (non-hydrogen) atoms. The van der Waals surface area contributed by atoms with Crippen LogP contribution >= 0.6 is 0 Å². The van der Waals surface area contributed by atoms with Crippen LogP contribution in [0.1, 0.15) is 40.2 Å². The number of benzene rings is 10.